The van der Waals surface area contributed by atoms with Crippen LogP contribution in [0.4, 0.5) is 13.2 Å². The fraction of sp³-hybridized carbons (Fsp3) is 0.300. The molecule has 0 bridgehead atoms. The zero-order valence-electron chi connectivity index (χ0n) is 18.1. The number of hydrogen-bond donors (Lipinski definition) is 0. The summed E-state index contributed by atoms with van der Waals surface area (Å²) in [5.74, 6) is -1.57. The minimum absolute atomic E-state index is 0.0321. The van der Waals surface area contributed by atoms with Crippen LogP contribution < -0.4 is 9.47 Å². The van der Waals surface area contributed by atoms with Crippen LogP contribution in [0.3, 0.4) is 0 Å². The summed E-state index contributed by atoms with van der Waals surface area (Å²) in [6.07, 6.45) is -2.24. The third-order valence-electron chi connectivity index (χ3n) is 5.01. The summed E-state index contributed by atoms with van der Waals surface area (Å²) in [5, 5.41) is 3.42. The number of ether oxygens (including phenoxy) is 2. The summed E-state index contributed by atoms with van der Waals surface area (Å²) >= 11 is 0. The maximum Gasteiger partial charge on any atom is 0.435 e. The molecule has 3 heterocycles. The zero-order valence-corrected chi connectivity index (χ0v) is 18.9. The number of rotatable bonds is 6. The van der Waals surface area contributed by atoms with E-state index in [2.05, 4.69) is 15.1 Å². The van der Waals surface area contributed by atoms with E-state index >= 15 is 0 Å². The molecule has 0 radical (unpaired) electrons. The van der Waals surface area contributed by atoms with Crippen molar-refractivity contribution in [3.05, 3.63) is 53.5 Å². The van der Waals surface area contributed by atoms with Gasteiger partial charge in [0.2, 0.25) is 5.88 Å². The lowest BCUT2D eigenvalue weighted by Gasteiger charge is -2.16. The van der Waals surface area contributed by atoms with Crippen LogP contribution in [0.2, 0.25) is 0 Å². The SMILES string of the molecule is COc1cc(C(C)C)c2c(c1)S(=O)(=O)N(COc1cc(C(F)(F)F)nn1-c1ncccn1)C2=O. The third kappa shape index (κ3) is 3.93. The average molecular weight is 497 g/mol. The molecule has 1 aliphatic rings. The summed E-state index contributed by atoms with van der Waals surface area (Å²) in [7, 11) is -3.00. The fourth-order valence-corrected chi connectivity index (χ4v) is 4.84. The van der Waals surface area contributed by atoms with Crippen molar-refractivity contribution in [2.45, 2.75) is 30.8 Å². The van der Waals surface area contributed by atoms with Gasteiger partial charge in [-0.3, -0.25) is 4.79 Å². The average Bonchev–Trinajstić information content (AvgIpc) is 3.30. The van der Waals surface area contributed by atoms with E-state index in [1.54, 1.807) is 19.9 Å². The van der Waals surface area contributed by atoms with Crippen LogP contribution in [0.5, 0.6) is 11.6 Å². The van der Waals surface area contributed by atoms with Crippen molar-refractivity contribution >= 4 is 15.9 Å². The highest BCUT2D eigenvalue weighted by Crippen LogP contribution is 2.39. The highest BCUT2D eigenvalue weighted by molar-refractivity contribution is 7.90. The van der Waals surface area contributed by atoms with E-state index in [1.807, 2.05) is 0 Å². The number of hydrogen-bond acceptors (Lipinski definition) is 8. The van der Waals surface area contributed by atoms with Gasteiger partial charge in [-0.25, -0.2) is 18.4 Å². The lowest BCUT2D eigenvalue weighted by atomic mass is 9.96. The molecule has 0 saturated heterocycles. The van der Waals surface area contributed by atoms with Gasteiger partial charge in [-0.1, -0.05) is 13.8 Å². The maximum absolute atomic E-state index is 13.2. The molecule has 1 aromatic carbocycles. The van der Waals surface area contributed by atoms with Crippen LogP contribution in [0, 0.1) is 0 Å². The number of methoxy groups -OCH3 is 1. The first-order valence-electron chi connectivity index (χ1n) is 9.81. The molecular formula is C20H18F3N5O5S. The third-order valence-corrected chi connectivity index (χ3v) is 6.74. The Balaban J connectivity index is 1.72. The van der Waals surface area contributed by atoms with Crippen LogP contribution >= 0.6 is 0 Å². The van der Waals surface area contributed by atoms with Crippen LogP contribution in [-0.4, -0.2) is 52.2 Å². The predicted octanol–water partition coefficient (Wildman–Crippen LogP) is 2.99. The number of fused-ring (bicyclic) bond motifs is 1. The molecule has 0 fully saturated rings. The minimum atomic E-state index is -4.81. The van der Waals surface area contributed by atoms with Crippen molar-refractivity contribution in [2.24, 2.45) is 0 Å². The molecule has 1 aliphatic heterocycles. The molecule has 4 rings (SSSR count). The Hall–Kier alpha value is -3.68. The minimum Gasteiger partial charge on any atom is -0.497 e. The Morgan fingerprint density at radius 2 is 1.79 bits per heavy atom. The van der Waals surface area contributed by atoms with Gasteiger partial charge >= 0.3 is 6.18 Å². The Morgan fingerprint density at radius 1 is 1.12 bits per heavy atom. The normalized spacial score (nSPS) is 15.0. The molecule has 2 aromatic heterocycles. The van der Waals surface area contributed by atoms with Gasteiger partial charge < -0.3 is 9.47 Å². The molecule has 0 N–H and O–H groups in total. The predicted molar refractivity (Wildman–Crippen MR) is 110 cm³/mol. The highest BCUT2D eigenvalue weighted by Gasteiger charge is 2.44. The number of sulfonamides is 1. The van der Waals surface area contributed by atoms with Gasteiger partial charge in [0.15, 0.2) is 12.4 Å². The number of nitrogens with zero attached hydrogens (tertiary/aromatic N) is 5. The molecule has 10 nitrogen and oxygen atoms in total. The molecule has 3 aromatic rings. The molecule has 34 heavy (non-hydrogen) atoms. The number of halogens is 3. The number of amides is 1. The second-order valence-electron chi connectivity index (χ2n) is 7.50. The summed E-state index contributed by atoms with van der Waals surface area (Å²) in [6, 6.07) is 4.81. The lowest BCUT2D eigenvalue weighted by Crippen LogP contribution is -2.34. The van der Waals surface area contributed by atoms with Crippen molar-refractivity contribution < 1.29 is 35.9 Å². The van der Waals surface area contributed by atoms with Crippen LogP contribution in [0.15, 0.2) is 41.6 Å². The number of carbonyl (C=O) groups excluding carboxylic acids is 1. The van der Waals surface area contributed by atoms with E-state index in [-0.39, 0.29) is 28.1 Å². The second kappa shape index (κ2) is 8.27. The van der Waals surface area contributed by atoms with E-state index in [1.165, 1.54) is 31.6 Å². The monoisotopic (exact) mass is 497 g/mol. The molecule has 0 unspecified atom stereocenters. The topological polar surface area (TPSA) is 117 Å². The summed E-state index contributed by atoms with van der Waals surface area (Å²) in [6.45, 7) is 2.67. The van der Waals surface area contributed by atoms with Crippen LogP contribution in [0.1, 0.15) is 41.4 Å². The largest absolute Gasteiger partial charge is 0.497 e. The molecule has 0 atom stereocenters. The second-order valence-corrected chi connectivity index (χ2v) is 9.33. The number of carbonyl (C=O) groups is 1. The number of aromatic nitrogens is 4. The molecule has 14 heteroatoms. The molecule has 1 amide bonds. The van der Waals surface area contributed by atoms with Gasteiger partial charge in [0.1, 0.15) is 10.6 Å². The van der Waals surface area contributed by atoms with Crippen molar-refractivity contribution in [2.75, 3.05) is 13.8 Å². The first kappa shape index (κ1) is 23.5. The molecule has 0 aliphatic carbocycles. The van der Waals surface area contributed by atoms with E-state index in [4.69, 9.17) is 9.47 Å². The van der Waals surface area contributed by atoms with Crippen molar-refractivity contribution in [1.82, 2.24) is 24.1 Å². The Labute approximate surface area is 192 Å². The van der Waals surface area contributed by atoms with Crippen molar-refractivity contribution in [1.29, 1.82) is 0 Å². The summed E-state index contributed by atoms with van der Waals surface area (Å²) in [5.41, 5.74) is -0.886. The first-order chi connectivity index (χ1) is 15.9. The van der Waals surface area contributed by atoms with Gasteiger partial charge in [-0.15, -0.1) is 0 Å². The first-order valence-corrected chi connectivity index (χ1v) is 11.3. The van der Waals surface area contributed by atoms with E-state index in [0.29, 0.717) is 20.6 Å². The maximum atomic E-state index is 13.2. The zero-order chi connectivity index (χ0) is 24.8. The van der Waals surface area contributed by atoms with E-state index in [0.717, 1.165) is 0 Å². The molecule has 180 valence electrons. The Kier molecular flexibility index (Phi) is 5.71. The van der Waals surface area contributed by atoms with Gasteiger partial charge in [0.25, 0.3) is 21.9 Å². The van der Waals surface area contributed by atoms with E-state index in [9.17, 15) is 26.4 Å². The van der Waals surface area contributed by atoms with Gasteiger partial charge in [-0.2, -0.15) is 27.3 Å². The fourth-order valence-electron chi connectivity index (χ4n) is 3.37. The molecule has 0 saturated carbocycles. The number of alkyl halides is 3. The Bertz CT molecular complexity index is 1360. The van der Waals surface area contributed by atoms with Crippen molar-refractivity contribution in [3.8, 4) is 17.6 Å². The van der Waals surface area contributed by atoms with Crippen LogP contribution in [-0.2, 0) is 16.2 Å². The van der Waals surface area contributed by atoms with Crippen LogP contribution in [0.25, 0.3) is 5.95 Å². The van der Waals surface area contributed by atoms with Gasteiger partial charge in [-0.05, 0) is 23.6 Å². The van der Waals surface area contributed by atoms with Gasteiger partial charge in [0.05, 0.1) is 12.7 Å². The van der Waals surface area contributed by atoms with E-state index < -0.39 is 40.4 Å². The quantitative estimate of drug-likeness (QED) is 0.510. The molecule has 0 spiro atoms. The standard InChI is InChI=1S/C20H18F3N5O5S/c1-11(2)13-7-12(32-3)8-14-17(13)18(29)27(34(14,30)31)10-33-16-9-15(20(21,22)23)26-28(16)19-24-5-4-6-25-19/h4-9,11H,10H2,1-3H3. The smallest absolute Gasteiger partial charge is 0.435 e. The number of benzene rings is 1. The highest BCUT2D eigenvalue weighted by atomic mass is 32.2. The van der Waals surface area contributed by atoms with Gasteiger partial charge in [0, 0.05) is 24.5 Å². The summed E-state index contributed by atoms with van der Waals surface area (Å²) < 4.78 is 77.6. The lowest BCUT2D eigenvalue weighted by molar-refractivity contribution is -0.141. The molecular weight excluding hydrogens is 479 g/mol. The van der Waals surface area contributed by atoms with Crippen molar-refractivity contribution in [3.63, 3.8) is 0 Å². The Morgan fingerprint density at radius 3 is 2.38 bits per heavy atom. The summed E-state index contributed by atoms with van der Waals surface area (Å²) in [4.78, 5) is 20.5.